The van der Waals surface area contributed by atoms with Crippen molar-refractivity contribution in [3.05, 3.63) is 56.9 Å². The zero-order chi connectivity index (χ0) is 24.9. The van der Waals surface area contributed by atoms with E-state index in [9.17, 15) is 4.79 Å². The van der Waals surface area contributed by atoms with E-state index in [1.807, 2.05) is 34.8 Å². The fourth-order valence-corrected chi connectivity index (χ4v) is 5.48. The number of carbonyl (C=O) groups is 1. The van der Waals surface area contributed by atoms with Crippen molar-refractivity contribution in [3.63, 3.8) is 0 Å². The summed E-state index contributed by atoms with van der Waals surface area (Å²) < 4.78 is 5.89. The zero-order valence-electron chi connectivity index (χ0n) is 21.2. The third kappa shape index (κ3) is 7.09. The number of rotatable bonds is 10. The normalized spacial score (nSPS) is 12.1. The van der Waals surface area contributed by atoms with Crippen LogP contribution in [0, 0.1) is 0 Å². The Morgan fingerprint density at radius 2 is 1.35 bits per heavy atom. The number of benzene rings is 1. The van der Waals surface area contributed by atoms with Gasteiger partial charge in [0.1, 0.15) is 5.75 Å². The third-order valence-electron chi connectivity index (χ3n) is 5.56. The zero-order valence-corrected chi connectivity index (χ0v) is 22.8. The Hall–Kier alpha value is -2.31. The van der Waals surface area contributed by atoms with Crippen LogP contribution in [-0.4, -0.2) is 17.7 Å². The van der Waals surface area contributed by atoms with Crippen molar-refractivity contribution in [1.82, 2.24) is 0 Å². The molecule has 2 aromatic heterocycles. The summed E-state index contributed by atoms with van der Waals surface area (Å²) in [5, 5.41) is 13.2. The minimum absolute atomic E-state index is 0.113. The van der Waals surface area contributed by atoms with Crippen molar-refractivity contribution < 1.29 is 14.6 Å². The molecular weight excluding hydrogens is 462 g/mol. The Morgan fingerprint density at radius 1 is 0.824 bits per heavy atom. The van der Waals surface area contributed by atoms with Crippen LogP contribution < -0.4 is 9.64 Å². The van der Waals surface area contributed by atoms with E-state index in [0.29, 0.717) is 13.0 Å². The predicted octanol–water partition coefficient (Wildman–Crippen LogP) is 8.90. The van der Waals surface area contributed by atoms with Crippen LogP contribution in [0.25, 0.3) is 0 Å². The summed E-state index contributed by atoms with van der Waals surface area (Å²) in [6.07, 6.45) is 2.64. The topological polar surface area (TPSA) is 49.8 Å². The van der Waals surface area contributed by atoms with Crippen molar-refractivity contribution in [2.24, 2.45) is 0 Å². The molecule has 0 amide bonds. The molecule has 0 saturated heterocycles. The van der Waals surface area contributed by atoms with Gasteiger partial charge in [-0.15, -0.1) is 22.7 Å². The highest BCUT2D eigenvalue weighted by molar-refractivity contribution is 7.11. The average Bonchev–Trinajstić information content (AvgIpc) is 3.42. The van der Waals surface area contributed by atoms with Crippen molar-refractivity contribution in [2.45, 2.75) is 78.1 Å². The molecule has 0 bridgehead atoms. The monoisotopic (exact) mass is 499 g/mol. The Kier molecular flexibility index (Phi) is 8.47. The lowest BCUT2D eigenvalue weighted by Crippen LogP contribution is -2.11. The molecule has 0 aliphatic heterocycles. The van der Waals surface area contributed by atoms with E-state index < -0.39 is 5.97 Å². The summed E-state index contributed by atoms with van der Waals surface area (Å²) in [5.74, 6) is 0.102. The van der Waals surface area contributed by atoms with Crippen LogP contribution in [0.15, 0.2) is 47.2 Å². The Labute approximate surface area is 212 Å². The van der Waals surface area contributed by atoms with Gasteiger partial charge >= 0.3 is 5.97 Å². The van der Waals surface area contributed by atoms with Crippen LogP contribution in [0.5, 0.6) is 5.75 Å². The number of ether oxygens (including phenoxy) is 1. The van der Waals surface area contributed by atoms with Gasteiger partial charge in [0.25, 0.3) is 0 Å². The van der Waals surface area contributed by atoms with Crippen LogP contribution in [0.3, 0.4) is 0 Å². The second kappa shape index (κ2) is 11.0. The van der Waals surface area contributed by atoms with Crippen molar-refractivity contribution in [3.8, 4) is 5.75 Å². The molecule has 0 saturated carbocycles. The molecule has 4 nitrogen and oxygen atoms in total. The number of unbranched alkanes of at least 4 members (excludes halogenated alkanes) is 2. The van der Waals surface area contributed by atoms with Gasteiger partial charge in [0.15, 0.2) is 0 Å². The molecule has 184 valence electrons. The largest absolute Gasteiger partial charge is 0.494 e. The highest BCUT2D eigenvalue weighted by Crippen LogP contribution is 2.43. The molecule has 0 radical (unpaired) electrons. The van der Waals surface area contributed by atoms with E-state index >= 15 is 0 Å². The summed E-state index contributed by atoms with van der Waals surface area (Å²) in [7, 11) is 0. The lowest BCUT2D eigenvalue weighted by molar-refractivity contribution is -0.137. The van der Waals surface area contributed by atoms with Gasteiger partial charge in [-0.1, -0.05) is 41.5 Å². The van der Waals surface area contributed by atoms with Crippen LogP contribution in [0.1, 0.15) is 77.0 Å². The number of thiophene rings is 2. The standard InChI is InChI=1S/C28H37NO3S2/c1-27(2,3)24-16-21(18-33-24)29(22-17-25(34-19-22)28(4,5)6)20-11-13-23(14-12-20)32-15-9-7-8-10-26(30)31/h11-14,16-19H,7-10,15H2,1-6H3,(H,30,31). The van der Waals surface area contributed by atoms with Gasteiger partial charge in [-0.25, -0.2) is 0 Å². The second-order valence-electron chi connectivity index (χ2n) is 10.7. The number of anilines is 3. The number of hydrogen-bond donors (Lipinski definition) is 1. The molecule has 2 heterocycles. The highest BCUT2D eigenvalue weighted by Gasteiger charge is 2.23. The molecule has 0 aliphatic rings. The average molecular weight is 500 g/mol. The first-order valence-corrected chi connectivity index (χ1v) is 13.6. The van der Waals surface area contributed by atoms with E-state index in [2.05, 4.69) is 81.5 Å². The Morgan fingerprint density at radius 3 is 1.79 bits per heavy atom. The number of aliphatic carboxylic acids is 1. The van der Waals surface area contributed by atoms with E-state index in [-0.39, 0.29) is 17.3 Å². The smallest absolute Gasteiger partial charge is 0.303 e. The molecule has 0 spiro atoms. The molecule has 3 rings (SSSR count). The SMILES string of the molecule is CC(C)(C)c1cc(N(c2ccc(OCCCCCC(=O)O)cc2)c2csc(C(C)(C)C)c2)cs1. The van der Waals surface area contributed by atoms with E-state index in [4.69, 9.17) is 9.84 Å². The minimum atomic E-state index is -0.735. The minimum Gasteiger partial charge on any atom is -0.494 e. The molecule has 0 unspecified atom stereocenters. The first kappa shape index (κ1) is 26.3. The van der Waals surface area contributed by atoms with E-state index in [1.165, 1.54) is 21.1 Å². The van der Waals surface area contributed by atoms with Crippen LogP contribution in [0.4, 0.5) is 17.1 Å². The Balaban J connectivity index is 1.79. The molecule has 0 fully saturated rings. The maximum Gasteiger partial charge on any atom is 0.303 e. The Bertz CT molecular complexity index is 1020. The number of nitrogens with zero attached hydrogens (tertiary/aromatic N) is 1. The van der Waals surface area contributed by atoms with Gasteiger partial charge in [0, 0.05) is 32.6 Å². The molecule has 0 atom stereocenters. The molecule has 34 heavy (non-hydrogen) atoms. The highest BCUT2D eigenvalue weighted by atomic mass is 32.1. The summed E-state index contributed by atoms with van der Waals surface area (Å²) in [4.78, 5) is 15.7. The van der Waals surface area contributed by atoms with E-state index in [0.717, 1.165) is 24.3 Å². The maximum absolute atomic E-state index is 10.6. The second-order valence-corrected chi connectivity index (χ2v) is 12.5. The summed E-state index contributed by atoms with van der Waals surface area (Å²) in [6, 6.07) is 12.9. The molecule has 3 aromatic rings. The molecule has 0 aliphatic carbocycles. The summed E-state index contributed by atoms with van der Waals surface area (Å²) in [5.41, 5.74) is 3.69. The number of carboxylic acid groups (broad SMARTS) is 1. The fourth-order valence-electron chi connectivity index (χ4n) is 3.56. The predicted molar refractivity (Wildman–Crippen MR) is 146 cm³/mol. The van der Waals surface area contributed by atoms with Crippen LogP contribution in [-0.2, 0) is 15.6 Å². The van der Waals surface area contributed by atoms with E-state index in [1.54, 1.807) is 0 Å². The lowest BCUT2D eigenvalue weighted by Gasteiger charge is -2.24. The van der Waals surface area contributed by atoms with Gasteiger partial charge in [0.2, 0.25) is 0 Å². The first-order valence-electron chi connectivity index (χ1n) is 11.9. The summed E-state index contributed by atoms with van der Waals surface area (Å²) in [6.45, 7) is 14.1. The number of hydrogen-bond acceptors (Lipinski definition) is 5. The van der Waals surface area contributed by atoms with Crippen LogP contribution in [0.2, 0.25) is 0 Å². The fraction of sp³-hybridized carbons (Fsp3) is 0.464. The summed E-state index contributed by atoms with van der Waals surface area (Å²) >= 11 is 3.62. The van der Waals surface area contributed by atoms with Crippen molar-refractivity contribution in [2.75, 3.05) is 11.5 Å². The molecule has 6 heteroatoms. The number of carboxylic acids is 1. The van der Waals surface area contributed by atoms with Gasteiger partial charge in [0.05, 0.1) is 18.0 Å². The lowest BCUT2D eigenvalue weighted by atomic mass is 9.94. The molecule has 1 aromatic carbocycles. The van der Waals surface area contributed by atoms with Gasteiger partial charge in [-0.05, 0) is 66.5 Å². The maximum atomic E-state index is 10.6. The van der Waals surface area contributed by atoms with Crippen LogP contribution >= 0.6 is 22.7 Å². The third-order valence-corrected chi connectivity index (χ3v) is 8.25. The first-order chi connectivity index (χ1) is 15.9. The van der Waals surface area contributed by atoms with Gasteiger partial charge in [-0.3, -0.25) is 4.79 Å². The van der Waals surface area contributed by atoms with Crippen molar-refractivity contribution >= 4 is 45.7 Å². The molecular formula is C28H37NO3S2. The van der Waals surface area contributed by atoms with Gasteiger partial charge in [-0.2, -0.15) is 0 Å². The molecule has 1 N–H and O–H groups in total. The quantitative estimate of drug-likeness (QED) is 0.283. The van der Waals surface area contributed by atoms with Crippen molar-refractivity contribution in [1.29, 1.82) is 0 Å². The van der Waals surface area contributed by atoms with Gasteiger partial charge < -0.3 is 14.7 Å².